The molecule has 1 rings (SSSR count). The normalized spacial score (nSPS) is 10.4. The first-order chi connectivity index (χ1) is 5.88. The highest BCUT2D eigenvalue weighted by atomic mass is 32.2. The van der Waals surface area contributed by atoms with Crippen molar-refractivity contribution in [3.8, 4) is 0 Å². The van der Waals surface area contributed by atoms with Crippen molar-refractivity contribution < 1.29 is 0 Å². The molecule has 62 valence electrons. The average Bonchev–Trinajstić information content (AvgIpc) is 2.09. The van der Waals surface area contributed by atoms with E-state index in [1.807, 2.05) is 25.1 Å². The van der Waals surface area contributed by atoms with Gasteiger partial charge in [-0.2, -0.15) is 0 Å². The first-order valence-electron chi connectivity index (χ1n) is 3.60. The van der Waals surface area contributed by atoms with Gasteiger partial charge in [-0.1, -0.05) is 23.9 Å². The highest BCUT2D eigenvalue weighted by Crippen LogP contribution is 2.20. The predicted molar refractivity (Wildman–Crippen MR) is 53.6 cm³/mol. The largest absolute Gasteiger partial charge is 0.302 e. The van der Waals surface area contributed by atoms with Crippen molar-refractivity contribution in [3.05, 3.63) is 30.1 Å². The van der Waals surface area contributed by atoms with Crippen LogP contribution in [0.25, 0.3) is 6.08 Å². The van der Waals surface area contributed by atoms with Crippen molar-refractivity contribution in [3.63, 3.8) is 0 Å². The molecule has 0 bridgehead atoms. The Bertz CT molecular complexity index is 294. The van der Waals surface area contributed by atoms with Crippen LogP contribution in [0.1, 0.15) is 12.5 Å². The van der Waals surface area contributed by atoms with Crippen molar-refractivity contribution in [1.29, 1.82) is 5.41 Å². The molecule has 3 heteroatoms. The summed E-state index contributed by atoms with van der Waals surface area (Å²) in [5, 5.41) is 6.96. The molecule has 1 heterocycles. The smallest absolute Gasteiger partial charge is 0.0554 e. The minimum atomic E-state index is 1.06. The number of nitrogens with one attached hydrogen (secondary N) is 1. The second-order valence-corrected chi connectivity index (χ2v) is 3.06. The predicted octanol–water partition coefficient (Wildman–Crippen LogP) is 2.81. The summed E-state index contributed by atoms with van der Waals surface area (Å²) in [6.07, 6.45) is 7.48. The fraction of sp³-hybridized carbons (Fsp3) is 0.111. The number of thioether (sulfide) groups is 1. The van der Waals surface area contributed by atoms with Gasteiger partial charge in [0.1, 0.15) is 0 Å². The van der Waals surface area contributed by atoms with E-state index in [9.17, 15) is 0 Å². The maximum absolute atomic E-state index is 6.96. The molecule has 0 fully saturated rings. The van der Waals surface area contributed by atoms with E-state index in [-0.39, 0.29) is 0 Å². The van der Waals surface area contributed by atoms with Crippen LogP contribution in [0, 0.1) is 5.41 Å². The maximum Gasteiger partial charge on any atom is 0.0554 e. The van der Waals surface area contributed by atoms with Crippen LogP contribution in [-0.4, -0.2) is 10.5 Å². The van der Waals surface area contributed by atoms with Gasteiger partial charge >= 0.3 is 0 Å². The Hall–Kier alpha value is -1.09. The summed E-state index contributed by atoms with van der Waals surface area (Å²) in [4.78, 5) is 5.07. The Balaban J connectivity index is 2.99. The molecule has 2 nitrogen and oxygen atoms in total. The Kier molecular flexibility index (Phi) is 3.54. The van der Waals surface area contributed by atoms with Crippen LogP contribution in [0.2, 0.25) is 0 Å². The zero-order valence-electron chi connectivity index (χ0n) is 6.82. The second kappa shape index (κ2) is 4.72. The summed E-state index contributed by atoms with van der Waals surface area (Å²) in [7, 11) is 0. The van der Waals surface area contributed by atoms with Crippen LogP contribution in [0.5, 0.6) is 0 Å². The van der Waals surface area contributed by atoms with Gasteiger partial charge in [0.05, 0.1) is 5.55 Å². The van der Waals surface area contributed by atoms with E-state index in [1.165, 1.54) is 17.3 Å². The van der Waals surface area contributed by atoms with Crippen LogP contribution in [0.15, 0.2) is 29.4 Å². The summed E-state index contributed by atoms with van der Waals surface area (Å²) < 4.78 is 0. The number of allylic oxidation sites excluding steroid dienone is 1. The lowest BCUT2D eigenvalue weighted by Gasteiger charge is -1.99. The average molecular weight is 178 g/mol. The van der Waals surface area contributed by atoms with Crippen molar-refractivity contribution >= 4 is 23.4 Å². The second-order valence-electron chi connectivity index (χ2n) is 2.15. The number of rotatable bonds is 3. The molecule has 0 atom stereocenters. The van der Waals surface area contributed by atoms with Gasteiger partial charge in [0.15, 0.2) is 0 Å². The Morgan fingerprint density at radius 1 is 1.58 bits per heavy atom. The van der Waals surface area contributed by atoms with E-state index in [4.69, 9.17) is 5.41 Å². The number of hydrogen-bond acceptors (Lipinski definition) is 3. The van der Waals surface area contributed by atoms with Crippen LogP contribution in [0.4, 0.5) is 0 Å². The van der Waals surface area contributed by atoms with E-state index >= 15 is 0 Å². The summed E-state index contributed by atoms with van der Waals surface area (Å²) in [5.41, 5.74) is 2.39. The van der Waals surface area contributed by atoms with Crippen molar-refractivity contribution in [2.24, 2.45) is 0 Å². The van der Waals surface area contributed by atoms with Crippen molar-refractivity contribution in [1.82, 2.24) is 4.98 Å². The minimum absolute atomic E-state index is 1.06. The third kappa shape index (κ3) is 2.20. The molecule has 12 heavy (non-hydrogen) atoms. The SMILES string of the molecule is C/C=C/c1cnccc1SC=N. The zero-order valence-corrected chi connectivity index (χ0v) is 7.64. The van der Waals surface area contributed by atoms with E-state index in [2.05, 4.69) is 4.98 Å². The van der Waals surface area contributed by atoms with Crippen LogP contribution >= 0.6 is 11.8 Å². The van der Waals surface area contributed by atoms with Crippen molar-refractivity contribution in [2.45, 2.75) is 11.8 Å². The quantitative estimate of drug-likeness (QED) is 0.439. The molecule has 0 aliphatic carbocycles. The standard InChI is InChI=1S/C9H10N2S/c1-2-3-8-6-11-5-4-9(8)12-7-10/h2-7,10H,1H3/b3-2+,10-7?. The lowest BCUT2D eigenvalue weighted by Crippen LogP contribution is -1.80. The van der Waals surface area contributed by atoms with E-state index in [0.717, 1.165) is 10.5 Å². The number of nitrogens with zero attached hydrogens (tertiary/aromatic N) is 1. The molecule has 0 unspecified atom stereocenters. The molecule has 0 saturated heterocycles. The molecule has 0 amide bonds. The molecule has 1 aromatic heterocycles. The van der Waals surface area contributed by atoms with Gasteiger partial charge in [-0.3, -0.25) is 4.98 Å². The monoisotopic (exact) mass is 178 g/mol. The molecule has 0 aliphatic rings. The molecule has 1 aromatic rings. The molecule has 1 N–H and O–H groups in total. The Morgan fingerprint density at radius 3 is 3.08 bits per heavy atom. The van der Waals surface area contributed by atoms with E-state index < -0.39 is 0 Å². The van der Waals surface area contributed by atoms with Crippen LogP contribution in [-0.2, 0) is 0 Å². The molecule has 0 spiro atoms. The fourth-order valence-electron chi connectivity index (χ4n) is 0.869. The first kappa shape index (κ1) is 9.00. The van der Waals surface area contributed by atoms with Gasteiger partial charge in [0.25, 0.3) is 0 Å². The molecule has 0 aromatic carbocycles. The van der Waals surface area contributed by atoms with Gasteiger partial charge in [-0.05, 0) is 13.0 Å². The lowest BCUT2D eigenvalue weighted by molar-refractivity contribution is 1.25. The first-order valence-corrected chi connectivity index (χ1v) is 4.48. The Labute approximate surface area is 76.2 Å². The maximum atomic E-state index is 6.96. The summed E-state index contributed by atoms with van der Waals surface area (Å²) in [6.45, 7) is 1.96. The van der Waals surface area contributed by atoms with E-state index in [1.54, 1.807) is 12.4 Å². The van der Waals surface area contributed by atoms with Crippen LogP contribution in [0.3, 0.4) is 0 Å². The number of pyridine rings is 1. The van der Waals surface area contributed by atoms with Gasteiger partial charge < -0.3 is 5.41 Å². The fourth-order valence-corrected chi connectivity index (χ4v) is 1.39. The number of aromatic nitrogens is 1. The Morgan fingerprint density at radius 2 is 2.42 bits per heavy atom. The summed E-state index contributed by atoms with van der Waals surface area (Å²) in [6, 6.07) is 1.91. The lowest BCUT2D eigenvalue weighted by atomic mass is 10.3. The number of hydrogen-bond donors (Lipinski definition) is 1. The topological polar surface area (TPSA) is 36.7 Å². The van der Waals surface area contributed by atoms with Gasteiger partial charge in [-0.15, -0.1) is 0 Å². The van der Waals surface area contributed by atoms with Gasteiger partial charge in [0, 0.05) is 22.9 Å². The molecular formula is C9H10N2S. The zero-order chi connectivity index (χ0) is 8.81. The highest BCUT2D eigenvalue weighted by Gasteiger charge is 1.96. The summed E-state index contributed by atoms with van der Waals surface area (Å²) in [5.74, 6) is 0. The highest BCUT2D eigenvalue weighted by molar-refractivity contribution is 8.12. The van der Waals surface area contributed by atoms with Gasteiger partial charge in [-0.25, -0.2) is 0 Å². The third-order valence-corrected chi connectivity index (χ3v) is 2.09. The summed E-state index contributed by atoms with van der Waals surface area (Å²) >= 11 is 1.39. The minimum Gasteiger partial charge on any atom is -0.302 e. The van der Waals surface area contributed by atoms with Crippen LogP contribution < -0.4 is 0 Å². The molecule has 0 radical (unpaired) electrons. The van der Waals surface area contributed by atoms with Gasteiger partial charge in [0.2, 0.25) is 0 Å². The molecule has 0 saturated carbocycles. The third-order valence-electron chi connectivity index (χ3n) is 1.34. The van der Waals surface area contributed by atoms with E-state index in [0.29, 0.717) is 0 Å². The molecule has 0 aliphatic heterocycles. The molecular weight excluding hydrogens is 168 g/mol. The van der Waals surface area contributed by atoms with Crippen molar-refractivity contribution in [2.75, 3.05) is 0 Å².